The summed E-state index contributed by atoms with van der Waals surface area (Å²) in [5, 5.41) is 12.2. The smallest absolute Gasteiger partial charge is 0.0675 e. The average molecular weight is 188 g/mol. The molecule has 2 heteroatoms. The Morgan fingerprint density at radius 3 is 2.43 bits per heavy atom. The van der Waals surface area contributed by atoms with Crippen LogP contribution in [0.2, 0.25) is 0 Å². The summed E-state index contributed by atoms with van der Waals surface area (Å²) in [5.74, 6) is 0.0439. The summed E-state index contributed by atoms with van der Waals surface area (Å²) < 4.78 is 0. The van der Waals surface area contributed by atoms with E-state index in [0.29, 0.717) is 0 Å². The summed E-state index contributed by atoms with van der Waals surface area (Å²) in [7, 11) is 1.90. The molecule has 0 heterocycles. The Hall–Kier alpha value is -1.33. The molecule has 0 aliphatic rings. The van der Waals surface area contributed by atoms with Crippen molar-refractivity contribution in [2.24, 2.45) is 5.92 Å². The van der Waals surface area contributed by atoms with Crippen molar-refractivity contribution in [3.8, 4) is 6.07 Å². The number of hydrogen-bond acceptors (Lipinski definition) is 2. The molecule has 0 saturated carbocycles. The van der Waals surface area contributed by atoms with Crippen molar-refractivity contribution in [1.29, 1.82) is 5.26 Å². The lowest BCUT2D eigenvalue weighted by molar-refractivity contribution is 0.449. The third-order valence-electron chi connectivity index (χ3n) is 2.48. The number of nitrogens with one attached hydrogen (secondary N) is 1. The van der Waals surface area contributed by atoms with E-state index in [2.05, 4.69) is 23.5 Å². The molecule has 2 atom stereocenters. The van der Waals surface area contributed by atoms with Gasteiger partial charge in [0.15, 0.2) is 0 Å². The molecule has 1 N–H and O–H groups in total. The molecule has 1 aromatic rings. The fraction of sp³-hybridized carbons (Fsp3) is 0.417. The van der Waals surface area contributed by atoms with E-state index in [1.807, 2.05) is 32.2 Å². The molecular formula is C12H16N2. The van der Waals surface area contributed by atoms with Crippen LogP contribution < -0.4 is 5.32 Å². The normalized spacial score (nSPS) is 14.4. The average Bonchev–Trinajstić information content (AvgIpc) is 2.27. The maximum Gasteiger partial charge on any atom is 0.0675 e. The van der Waals surface area contributed by atoms with Gasteiger partial charge in [0.05, 0.1) is 12.0 Å². The molecule has 0 aliphatic heterocycles. The van der Waals surface area contributed by atoms with Gasteiger partial charge in [0, 0.05) is 6.04 Å². The summed E-state index contributed by atoms with van der Waals surface area (Å²) in [5.41, 5.74) is 1.18. The lowest BCUT2D eigenvalue weighted by atomic mass is 9.92. The Labute approximate surface area is 85.6 Å². The lowest BCUT2D eigenvalue weighted by Gasteiger charge is -2.20. The predicted octanol–water partition coefficient (Wildman–Crippen LogP) is 2.50. The van der Waals surface area contributed by atoms with Crippen LogP contribution in [-0.4, -0.2) is 7.05 Å². The van der Waals surface area contributed by atoms with Gasteiger partial charge in [0.25, 0.3) is 0 Å². The first kappa shape index (κ1) is 10.7. The van der Waals surface area contributed by atoms with Crippen LogP contribution in [-0.2, 0) is 0 Å². The molecule has 2 unspecified atom stereocenters. The Bertz CT molecular complexity index is 300. The molecule has 0 aliphatic carbocycles. The van der Waals surface area contributed by atoms with Crippen molar-refractivity contribution >= 4 is 0 Å². The highest BCUT2D eigenvalue weighted by Gasteiger charge is 2.18. The molecule has 0 spiro atoms. The lowest BCUT2D eigenvalue weighted by Crippen LogP contribution is -2.23. The molecule has 0 aromatic heterocycles. The predicted molar refractivity (Wildman–Crippen MR) is 57.6 cm³/mol. The summed E-state index contributed by atoms with van der Waals surface area (Å²) in [4.78, 5) is 0. The number of hydrogen-bond donors (Lipinski definition) is 1. The molecule has 1 aromatic carbocycles. The zero-order valence-corrected chi connectivity index (χ0v) is 8.70. The number of nitriles is 1. The van der Waals surface area contributed by atoms with E-state index in [9.17, 15) is 0 Å². The third-order valence-corrected chi connectivity index (χ3v) is 2.48. The molecule has 74 valence electrons. The van der Waals surface area contributed by atoms with E-state index in [1.54, 1.807) is 0 Å². The first-order valence-electron chi connectivity index (χ1n) is 4.95. The quantitative estimate of drug-likeness (QED) is 0.788. The second-order valence-electron chi connectivity index (χ2n) is 3.32. The van der Waals surface area contributed by atoms with Crippen LogP contribution in [0.5, 0.6) is 0 Å². The highest BCUT2D eigenvalue weighted by Crippen LogP contribution is 2.23. The van der Waals surface area contributed by atoms with Crippen molar-refractivity contribution < 1.29 is 0 Å². The Kier molecular flexibility index (Phi) is 4.15. The van der Waals surface area contributed by atoms with E-state index >= 15 is 0 Å². The molecule has 0 fully saturated rings. The van der Waals surface area contributed by atoms with Crippen LogP contribution in [0.1, 0.15) is 24.9 Å². The van der Waals surface area contributed by atoms with Crippen LogP contribution >= 0.6 is 0 Å². The monoisotopic (exact) mass is 188 g/mol. The minimum Gasteiger partial charge on any atom is -0.312 e. The molecular weight excluding hydrogens is 172 g/mol. The van der Waals surface area contributed by atoms with Gasteiger partial charge in [0.1, 0.15) is 0 Å². The zero-order valence-electron chi connectivity index (χ0n) is 8.70. The first-order valence-corrected chi connectivity index (χ1v) is 4.95. The van der Waals surface area contributed by atoms with Crippen molar-refractivity contribution in [1.82, 2.24) is 5.32 Å². The van der Waals surface area contributed by atoms with Gasteiger partial charge >= 0.3 is 0 Å². The van der Waals surface area contributed by atoms with Crippen molar-refractivity contribution in [3.05, 3.63) is 35.9 Å². The fourth-order valence-corrected chi connectivity index (χ4v) is 1.66. The molecule has 0 bridgehead atoms. The SMILES string of the molecule is CCC(C#N)C(NC)c1ccccc1. The van der Waals surface area contributed by atoms with Gasteiger partial charge in [0.2, 0.25) is 0 Å². The van der Waals surface area contributed by atoms with Crippen molar-refractivity contribution in [3.63, 3.8) is 0 Å². The van der Waals surface area contributed by atoms with Gasteiger partial charge in [-0.1, -0.05) is 37.3 Å². The minimum atomic E-state index is 0.0439. The first-order chi connectivity index (χ1) is 6.83. The Balaban J connectivity index is 2.88. The standard InChI is InChI=1S/C12H16N2/c1-3-10(9-13)12(14-2)11-7-5-4-6-8-11/h4-8,10,12,14H,3H2,1-2H3. The van der Waals surface area contributed by atoms with E-state index in [1.165, 1.54) is 5.56 Å². The van der Waals surface area contributed by atoms with Gasteiger partial charge in [-0.05, 0) is 19.0 Å². The van der Waals surface area contributed by atoms with Crippen LogP contribution in [0.4, 0.5) is 0 Å². The minimum absolute atomic E-state index is 0.0439. The van der Waals surface area contributed by atoms with Gasteiger partial charge in [-0.3, -0.25) is 0 Å². The molecule has 0 saturated heterocycles. The van der Waals surface area contributed by atoms with E-state index in [-0.39, 0.29) is 12.0 Å². The second-order valence-corrected chi connectivity index (χ2v) is 3.32. The van der Waals surface area contributed by atoms with E-state index < -0.39 is 0 Å². The Morgan fingerprint density at radius 2 is 2.00 bits per heavy atom. The van der Waals surface area contributed by atoms with Gasteiger partial charge in [-0.15, -0.1) is 0 Å². The number of benzene rings is 1. The third kappa shape index (κ3) is 2.34. The summed E-state index contributed by atoms with van der Waals surface area (Å²) in [6, 6.07) is 12.6. The summed E-state index contributed by atoms with van der Waals surface area (Å²) in [6.45, 7) is 2.04. The van der Waals surface area contributed by atoms with Crippen LogP contribution in [0.15, 0.2) is 30.3 Å². The van der Waals surface area contributed by atoms with Gasteiger partial charge in [-0.25, -0.2) is 0 Å². The molecule has 1 rings (SSSR count). The second kappa shape index (κ2) is 5.41. The topological polar surface area (TPSA) is 35.8 Å². The Morgan fingerprint density at radius 1 is 1.36 bits per heavy atom. The van der Waals surface area contributed by atoms with Gasteiger partial charge in [-0.2, -0.15) is 5.26 Å². The maximum absolute atomic E-state index is 9.00. The van der Waals surface area contributed by atoms with Crippen LogP contribution in [0, 0.1) is 17.2 Å². The summed E-state index contributed by atoms with van der Waals surface area (Å²) >= 11 is 0. The molecule has 0 radical (unpaired) electrons. The highest BCUT2D eigenvalue weighted by atomic mass is 14.9. The van der Waals surface area contributed by atoms with Crippen molar-refractivity contribution in [2.45, 2.75) is 19.4 Å². The summed E-state index contributed by atoms with van der Waals surface area (Å²) in [6.07, 6.45) is 0.872. The molecule has 0 amide bonds. The highest BCUT2D eigenvalue weighted by molar-refractivity contribution is 5.21. The van der Waals surface area contributed by atoms with Crippen LogP contribution in [0.25, 0.3) is 0 Å². The maximum atomic E-state index is 9.00. The zero-order chi connectivity index (χ0) is 10.4. The molecule has 14 heavy (non-hydrogen) atoms. The van der Waals surface area contributed by atoms with Crippen molar-refractivity contribution in [2.75, 3.05) is 7.05 Å². The van der Waals surface area contributed by atoms with E-state index in [4.69, 9.17) is 5.26 Å². The number of nitrogens with zero attached hydrogens (tertiary/aromatic N) is 1. The van der Waals surface area contributed by atoms with E-state index in [0.717, 1.165) is 6.42 Å². The van der Waals surface area contributed by atoms with Crippen LogP contribution in [0.3, 0.4) is 0 Å². The number of rotatable bonds is 4. The fourth-order valence-electron chi connectivity index (χ4n) is 1.66. The largest absolute Gasteiger partial charge is 0.312 e. The molecule has 2 nitrogen and oxygen atoms in total. The van der Waals surface area contributed by atoms with Gasteiger partial charge < -0.3 is 5.32 Å².